The summed E-state index contributed by atoms with van der Waals surface area (Å²) in [6, 6.07) is 20.9. The lowest BCUT2D eigenvalue weighted by Gasteiger charge is -2.08. The smallest absolute Gasteiger partial charge is 0.163 e. The third kappa shape index (κ3) is 2.20. The Morgan fingerprint density at radius 1 is 0.821 bits per heavy atom. The minimum absolute atomic E-state index is 0.675. The molecule has 0 N–H and O–H groups in total. The van der Waals surface area contributed by atoms with Crippen molar-refractivity contribution in [3.63, 3.8) is 0 Å². The van der Waals surface area contributed by atoms with Crippen LogP contribution in [-0.2, 0) is 0 Å². The Kier molecular flexibility index (Phi) is 3.30. The van der Waals surface area contributed by atoms with E-state index in [1.807, 2.05) is 24.4 Å². The molecule has 0 aliphatic heterocycles. The summed E-state index contributed by atoms with van der Waals surface area (Å²) in [6.45, 7) is 0. The third-order valence-corrected chi connectivity index (χ3v) is 5.99. The van der Waals surface area contributed by atoms with Crippen molar-refractivity contribution in [1.29, 1.82) is 0 Å². The molecule has 0 unspecified atom stereocenters. The molecule has 0 saturated carbocycles. The topological polar surface area (TPSA) is 43.6 Å². The van der Waals surface area contributed by atoms with Crippen molar-refractivity contribution in [2.45, 2.75) is 0 Å². The van der Waals surface area contributed by atoms with Crippen LogP contribution in [0.4, 0.5) is 0 Å². The molecule has 132 valence electrons. The van der Waals surface area contributed by atoms with Crippen LogP contribution in [0.15, 0.2) is 84.6 Å². The average molecular weight is 378 g/mol. The summed E-state index contributed by atoms with van der Waals surface area (Å²) >= 11 is 1.79. The molecular weight excluding hydrogens is 364 g/mol. The van der Waals surface area contributed by atoms with E-state index in [1.165, 1.54) is 20.9 Å². The first-order chi connectivity index (χ1) is 13.9. The molecule has 0 radical (unpaired) electrons. The van der Waals surface area contributed by atoms with Gasteiger partial charge >= 0.3 is 0 Å². The van der Waals surface area contributed by atoms with Crippen LogP contribution in [0.3, 0.4) is 0 Å². The summed E-state index contributed by atoms with van der Waals surface area (Å²) in [6.07, 6.45) is 5.36. The third-order valence-electron chi connectivity index (χ3n) is 5.04. The van der Waals surface area contributed by atoms with Crippen molar-refractivity contribution in [3.8, 4) is 17.2 Å². The van der Waals surface area contributed by atoms with Crippen LogP contribution in [-0.4, -0.2) is 19.5 Å². The fourth-order valence-corrected chi connectivity index (χ4v) is 4.79. The second-order valence-electron chi connectivity index (χ2n) is 6.63. The molecule has 0 amide bonds. The number of para-hydroxylation sites is 1. The summed E-state index contributed by atoms with van der Waals surface area (Å²) in [7, 11) is 0. The quantitative estimate of drug-likeness (QED) is 0.379. The van der Waals surface area contributed by atoms with Gasteiger partial charge in [0.2, 0.25) is 0 Å². The second kappa shape index (κ2) is 5.97. The highest BCUT2D eigenvalue weighted by Gasteiger charge is 2.16. The fourth-order valence-electron chi connectivity index (χ4n) is 3.83. The van der Waals surface area contributed by atoms with E-state index >= 15 is 0 Å². The van der Waals surface area contributed by atoms with Gasteiger partial charge in [0.05, 0.1) is 11.0 Å². The van der Waals surface area contributed by atoms with Gasteiger partial charge in [-0.1, -0.05) is 24.3 Å². The normalized spacial score (nSPS) is 11.6. The standard InChI is InChI=1S/C23H14N4S/c1-2-6-18-17(5-1)21-19(8-7-15-10-13-28-22(15)21)27(18)20-9-12-25-23(26-20)16-4-3-11-24-14-16/h1-14H. The first-order valence-electron chi connectivity index (χ1n) is 9.03. The maximum absolute atomic E-state index is 4.87. The molecule has 2 aromatic carbocycles. The van der Waals surface area contributed by atoms with Crippen LogP contribution in [0, 0.1) is 0 Å². The van der Waals surface area contributed by atoms with Gasteiger partial charge in [-0.25, -0.2) is 9.97 Å². The number of benzene rings is 2. The van der Waals surface area contributed by atoms with Crippen LogP contribution in [0.5, 0.6) is 0 Å². The average Bonchev–Trinajstić information content (AvgIpc) is 3.36. The van der Waals surface area contributed by atoms with Gasteiger partial charge in [-0.15, -0.1) is 11.3 Å². The van der Waals surface area contributed by atoms with E-state index in [0.717, 1.165) is 22.4 Å². The number of rotatable bonds is 2. The Hall–Kier alpha value is -3.57. The van der Waals surface area contributed by atoms with Crippen LogP contribution in [0.25, 0.3) is 49.1 Å². The lowest BCUT2D eigenvalue weighted by molar-refractivity contribution is 1.04. The van der Waals surface area contributed by atoms with E-state index in [2.05, 4.69) is 62.4 Å². The van der Waals surface area contributed by atoms with E-state index < -0.39 is 0 Å². The van der Waals surface area contributed by atoms with Crippen molar-refractivity contribution >= 4 is 43.2 Å². The molecule has 0 aliphatic carbocycles. The lowest BCUT2D eigenvalue weighted by Crippen LogP contribution is -2.00. The zero-order valence-corrected chi connectivity index (χ0v) is 15.6. The Bertz CT molecular complexity index is 1460. The van der Waals surface area contributed by atoms with Gasteiger partial charge in [-0.05, 0) is 47.2 Å². The van der Waals surface area contributed by atoms with E-state index in [4.69, 9.17) is 4.98 Å². The molecule has 0 atom stereocenters. The first kappa shape index (κ1) is 15.5. The monoisotopic (exact) mass is 378 g/mol. The summed E-state index contributed by atoms with van der Waals surface area (Å²) in [4.78, 5) is 13.5. The van der Waals surface area contributed by atoms with Crippen LogP contribution < -0.4 is 0 Å². The zero-order valence-electron chi connectivity index (χ0n) is 14.8. The summed E-state index contributed by atoms with van der Waals surface area (Å²) in [5.41, 5.74) is 3.21. The summed E-state index contributed by atoms with van der Waals surface area (Å²) in [5.74, 6) is 1.53. The van der Waals surface area contributed by atoms with Crippen molar-refractivity contribution in [2.24, 2.45) is 0 Å². The number of aromatic nitrogens is 4. The highest BCUT2D eigenvalue weighted by Crippen LogP contribution is 2.38. The molecule has 0 spiro atoms. The molecule has 4 nitrogen and oxygen atoms in total. The Morgan fingerprint density at radius 3 is 2.71 bits per heavy atom. The minimum atomic E-state index is 0.675. The number of pyridine rings is 1. The van der Waals surface area contributed by atoms with Gasteiger partial charge in [0.15, 0.2) is 5.82 Å². The molecule has 28 heavy (non-hydrogen) atoms. The molecule has 6 aromatic rings. The molecule has 4 heterocycles. The molecule has 0 aliphatic rings. The van der Waals surface area contributed by atoms with Gasteiger partial charge in [-0.3, -0.25) is 9.55 Å². The van der Waals surface area contributed by atoms with E-state index in [-0.39, 0.29) is 0 Å². The van der Waals surface area contributed by atoms with Crippen molar-refractivity contribution < 1.29 is 0 Å². The molecule has 0 bridgehead atoms. The molecule has 6 rings (SSSR count). The molecule has 0 saturated heterocycles. The highest BCUT2D eigenvalue weighted by molar-refractivity contribution is 7.18. The number of hydrogen-bond acceptors (Lipinski definition) is 4. The van der Waals surface area contributed by atoms with Gasteiger partial charge in [0, 0.05) is 39.6 Å². The van der Waals surface area contributed by atoms with E-state index in [0.29, 0.717) is 5.82 Å². The lowest BCUT2D eigenvalue weighted by atomic mass is 10.1. The maximum Gasteiger partial charge on any atom is 0.163 e. The summed E-state index contributed by atoms with van der Waals surface area (Å²) < 4.78 is 3.54. The SMILES string of the molecule is c1cncc(-c2nccc(-n3c4ccccc4c4c5sccc5ccc43)n2)c1. The largest absolute Gasteiger partial charge is 0.294 e. The van der Waals surface area contributed by atoms with Gasteiger partial charge in [0.1, 0.15) is 5.82 Å². The van der Waals surface area contributed by atoms with Crippen molar-refractivity contribution in [3.05, 3.63) is 84.6 Å². The number of nitrogens with zero attached hydrogens (tertiary/aromatic N) is 4. The number of fused-ring (bicyclic) bond motifs is 5. The Morgan fingerprint density at radius 2 is 1.79 bits per heavy atom. The number of thiophene rings is 1. The number of hydrogen-bond donors (Lipinski definition) is 0. The van der Waals surface area contributed by atoms with Crippen molar-refractivity contribution in [1.82, 2.24) is 19.5 Å². The predicted molar refractivity (Wildman–Crippen MR) is 115 cm³/mol. The minimum Gasteiger partial charge on any atom is -0.294 e. The van der Waals surface area contributed by atoms with Crippen LogP contribution >= 0.6 is 11.3 Å². The van der Waals surface area contributed by atoms with E-state index in [9.17, 15) is 0 Å². The molecular formula is C23H14N4S. The summed E-state index contributed by atoms with van der Waals surface area (Å²) in [5, 5.41) is 5.96. The van der Waals surface area contributed by atoms with Crippen LogP contribution in [0.2, 0.25) is 0 Å². The molecule has 0 fully saturated rings. The van der Waals surface area contributed by atoms with Gasteiger partial charge in [0.25, 0.3) is 0 Å². The molecule has 5 heteroatoms. The van der Waals surface area contributed by atoms with Gasteiger partial charge < -0.3 is 0 Å². The fraction of sp³-hybridized carbons (Fsp3) is 0. The van der Waals surface area contributed by atoms with Gasteiger partial charge in [-0.2, -0.15) is 0 Å². The van der Waals surface area contributed by atoms with Crippen LogP contribution in [0.1, 0.15) is 0 Å². The zero-order chi connectivity index (χ0) is 18.5. The highest BCUT2D eigenvalue weighted by atomic mass is 32.1. The predicted octanol–water partition coefficient (Wildman–Crippen LogP) is 5.85. The first-order valence-corrected chi connectivity index (χ1v) is 9.91. The Balaban J connectivity index is 1.71. The van der Waals surface area contributed by atoms with Crippen molar-refractivity contribution in [2.75, 3.05) is 0 Å². The molecule has 4 aromatic heterocycles. The Labute approximate surface area is 164 Å². The second-order valence-corrected chi connectivity index (χ2v) is 7.55. The van der Waals surface area contributed by atoms with E-state index in [1.54, 1.807) is 23.7 Å². The maximum atomic E-state index is 4.87.